The van der Waals surface area contributed by atoms with Crippen molar-refractivity contribution in [3.05, 3.63) is 18.2 Å². The van der Waals surface area contributed by atoms with Crippen molar-refractivity contribution in [2.24, 2.45) is 0 Å². The van der Waals surface area contributed by atoms with Crippen LogP contribution < -0.4 is 20.1 Å². The molecule has 1 rings (SSSR count). The Morgan fingerprint density at radius 2 is 1.78 bits per heavy atom. The summed E-state index contributed by atoms with van der Waals surface area (Å²) >= 11 is 0. The zero-order valence-electron chi connectivity index (χ0n) is 11.2. The average Bonchev–Trinajstić information content (AvgIpc) is 2.37. The van der Waals surface area contributed by atoms with E-state index in [9.17, 15) is 4.79 Å². The lowest BCUT2D eigenvalue weighted by Gasteiger charge is -2.13. The molecule has 1 aromatic carbocycles. The van der Waals surface area contributed by atoms with Crippen LogP contribution in [0.2, 0.25) is 0 Å². The molecule has 0 heterocycles. The Kier molecular flexibility index (Phi) is 5.30. The smallest absolute Gasteiger partial charge is 0.319 e. The van der Waals surface area contributed by atoms with Gasteiger partial charge in [0.05, 0.1) is 14.2 Å². The summed E-state index contributed by atoms with van der Waals surface area (Å²) in [5.74, 6) is 1.27. The summed E-state index contributed by atoms with van der Waals surface area (Å²) in [5, 5.41) is 5.57. The summed E-state index contributed by atoms with van der Waals surface area (Å²) in [6, 6.07) is 5.12. The number of urea groups is 1. The number of hydrogen-bond donors (Lipinski definition) is 2. The minimum Gasteiger partial charge on any atom is -0.497 e. The van der Waals surface area contributed by atoms with E-state index in [2.05, 4.69) is 10.6 Å². The molecule has 5 nitrogen and oxygen atoms in total. The standard InChI is InChI=1S/C13H20N2O3/c1-5-9(2)14-13(16)15-10-6-11(17-3)8-12(7-10)18-4/h6-9H,5H2,1-4H3,(H2,14,15,16). The minimum atomic E-state index is -0.236. The Hall–Kier alpha value is -1.91. The van der Waals surface area contributed by atoms with Crippen molar-refractivity contribution in [3.8, 4) is 11.5 Å². The van der Waals surface area contributed by atoms with Gasteiger partial charge in [0.15, 0.2) is 0 Å². The summed E-state index contributed by atoms with van der Waals surface area (Å²) < 4.78 is 10.3. The molecule has 0 aromatic heterocycles. The van der Waals surface area contributed by atoms with Crippen LogP contribution in [-0.2, 0) is 0 Å². The fourth-order valence-electron chi connectivity index (χ4n) is 1.37. The predicted molar refractivity (Wildman–Crippen MR) is 71.5 cm³/mol. The zero-order valence-corrected chi connectivity index (χ0v) is 11.2. The van der Waals surface area contributed by atoms with Crippen LogP contribution in [-0.4, -0.2) is 26.3 Å². The van der Waals surface area contributed by atoms with Crippen molar-refractivity contribution in [3.63, 3.8) is 0 Å². The van der Waals surface area contributed by atoms with Gasteiger partial charge in [-0.3, -0.25) is 0 Å². The molecule has 1 aromatic rings. The highest BCUT2D eigenvalue weighted by atomic mass is 16.5. The highest BCUT2D eigenvalue weighted by Gasteiger charge is 2.07. The molecular weight excluding hydrogens is 232 g/mol. The zero-order chi connectivity index (χ0) is 13.5. The van der Waals surface area contributed by atoms with Gasteiger partial charge in [0.2, 0.25) is 0 Å². The molecule has 100 valence electrons. The van der Waals surface area contributed by atoms with Crippen molar-refractivity contribution in [1.29, 1.82) is 0 Å². The second-order valence-electron chi connectivity index (χ2n) is 4.01. The first kappa shape index (κ1) is 14.2. The van der Waals surface area contributed by atoms with E-state index in [1.54, 1.807) is 32.4 Å². The summed E-state index contributed by atoms with van der Waals surface area (Å²) in [7, 11) is 3.13. The monoisotopic (exact) mass is 252 g/mol. The normalized spacial score (nSPS) is 11.6. The highest BCUT2D eigenvalue weighted by molar-refractivity contribution is 5.89. The van der Waals surface area contributed by atoms with Crippen LogP contribution in [0.25, 0.3) is 0 Å². The number of rotatable bonds is 5. The molecule has 0 bridgehead atoms. The summed E-state index contributed by atoms with van der Waals surface area (Å²) in [5.41, 5.74) is 0.631. The van der Waals surface area contributed by atoms with Gasteiger partial charge >= 0.3 is 6.03 Å². The molecule has 0 radical (unpaired) electrons. The molecule has 2 N–H and O–H groups in total. The minimum absolute atomic E-state index is 0.137. The Morgan fingerprint density at radius 3 is 2.22 bits per heavy atom. The van der Waals surface area contributed by atoms with Crippen molar-refractivity contribution >= 4 is 11.7 Å². The largest absolute Gasteiger partial charge is 0.497 e. The molecule has 2 amide bonds. The van der Waals surface area contributed by atoms with Crippen molar-refractivity contribution in [2.45, 2.75) is 26.3 Å². The maximum Gasteiger partial charge on any atom is 0.319 e. The second kappa shape index (κ2) is 6.74. The van der Waals surface area contributed by atoms with Crippen LogP contribution in [0.15, 0.2) is 18.2 Å². The van der Waals surface area contributed by atoms with Crippen LogP contribution in [0, 0.1) is 0 Å². The summed E-state index contributed by atoms with van der Waals surface area (Å²) in [4.78, 5) is 11.7. The van der Waals surface area contributed by atoms with Crippen LogP contribution in [0.5, 0.6) is 11.5 Å². The van der Waals surface area contributed by atoms with E-state index in [0.29, 0.717) is 17.2 Å². The topological polar surface area (TPSA) is 59.6 Å². The molecule has 0 saturated carbocycles. The Morgan fingerprint density at radius 1 is 1.22 bits per heavy atom. The number of carbonyl (C=O) groups excluding carboxylic acids is 1. The molecule has 0 aliphatic carbocycles. The van der Waals surface area contributed by atoms with Gasteiger partial charge in [-0.1, -0.05) is 6.92 Å². The van der Waals surface area contributed by atoms with Gasteiger partial charge in [-0.15, -0.1) is 0 Å². The van der Waals surface area contributed by atoms with Gasteiger partial charge in [0.25, 0.3) is 0 Å². The van der Waals surface area contributed by atoms with Gasteiger partial charge in [-0.2, -0.15) is 0 Å². The number of anilines is 1. The quantitative estimate of drug-likeness (QED) is 0.847. The number of ether oxygens (including phenoxy) is 2. The highest BCUT2D eigenvalue weighted by Crippen LogP contribution is 2.25. The van der Waals surface area contributed by atoms with E-state index >= 15 is 0 Å². The lowest BCUT2D eigenvalue weighted by Crippen LogP contribution is -2.35. The molecule has 5 heteroatoms. The summed E-state index contributed by atoms with van der Waals surface area (Å²) in [6.45, 7) is 3.96. The van der Waals surface area contributed by atoms with Gasteiger partial charge < -0.3 is 20.1 Å². The maximum absolute atomic E-state index is 11.7. The molecule has 0 fully saturated rings. The van der Waals surface area contributed by atoms with Crippen LogP contribution in [0.4, 0.5) is 10.5 Å². The molecule has 0 aliphatic heterocycles. The van der Waals surface area contributed by atoms with Gasteiger partial charge in [0.1, 0.15) is 11.5 Å². The fraction of sp³-hybridized carbons (Fsp3) is 0.462. The Bertz CT molecular complexity index is 385. The van der Waals surface area contributed by atoms with Gasteiger partial charge in [-0.25, -0.2) is 4.79 Å². The number of hydrogen-bond acceptors (Lipinski definition) is 3. The van der Waals surface area contributed by atoms with Gasteiger partial charge in [-0.05, 0) is 13.3 Å². The average molecular weight is 252 g/mol. The van der Waals surface area contributed by atoms with E-state index < -0.39 is 0 Å². The van der Waals surface area contributed by atoms with Gasteiger partial charge in [0, 0.05) is 29.9 Å². The van der Waals surface area contributed by atoms with Crippen LogP contribution in [0.1, 0.15) is 20.3 Å². The third kappa shape index (κ3) is 4.16. The Balaban J connectivity index is 2.74. The molecule has 0 spiro atoms. The third-order valence-corrected chi connectivity index (χ3v) is 2.60. The van der Waals surface area contributed by atoms with Crippen molar-refractivity contribution in [2.75, 3.05) is 19.5 Å². The van der Waals surface area contributed by atoms with Crippen molar-refractivity contribution < 1.29 is 14.3 Å². The molecule has 0 aliphatic rings. The van der Waals surface area contributed by atoms with E-state index in [4.69, 9.17) is 9.47 Å². The van der Waals surface area contributed by atoms with E-state index in [1.165, 1.54) is 0 Å². The summed E-state index contributed by atoms with van der Waals surface area (Å²) in [6.07, 6.45) is 0.884. The number of carbonyl (C=O) groups is 1. The van der Waals surface area contributed by atoms with E-state index in [0.717, 1.165) is 6.42 Å². The molecular formula is C13H20N2O3. The fourth-order valence-corrected chi connectivity index (χ4v) is 1.37. The van der Waals surface area contributed by atoms with Crippen molar-refractivity contribution in [1.82, 2.24) is 5.32 Å². The van der Waals surface area contributed by atoms with Crippen LogP contribution >= 0.6 is 0 Å². The number of benzene rings is 1. The number of amides is 2. The number of methoxy groups -OCH3 is 2. The molecule has 0 saturated heterocycles. The first-order valence-electron chi connectivity index (χ1n) is 5.89. The lowest BCUT2D eigenvalue weighted by atomic mass is 10.2. The molecule has 1 atom stereocenters. The predicted octanol–water partition coefficient (Wildman–Crippen LogP) is 2.62. The third-order valence-electron chi connectivity index (χ3n) is 2.60. The number of nitrogens with one attached hydrogen (secondary N) is 2. The van der Waals surface area contributed by atoms with E-state index in [1.807, 2.05) is 13.8 Å². The maximum atomic E-state index is 11.7. The SMILES string of the molecule is CCC(C)NC(=O)Nc1cc(OC)cc(OC)c1. The van der Waals surface area contributed by atoms with E-state index in [-0.39, 0.29) is 12.1 Å². The molecule has 18 heavy (non-hydrogen) atoms. The second-order valence-corrected chi connectivity index (χ2v) is 4.01. The molecule has 1 unspecified atom stereocenters. The first-order valence-corrected chi connectivity index (χ1v) is 5.89. The first-order chi connectivity index (χ1) is 8.58. The van der Waals surface area contributed by atoms with Crippen LogP contribution in [0.3, 0.4) is 0 Å². The Labute approximate surface area is 107 Å². The lowest BCUT2D eigenvalue weighted by molar-refractivity contribution is 0.249.